The van der Waals surface area contributed by atoms with Gasteiger partial charge in [0.05, 0.1) is 6.61 Å². The van der Waals surface area contributed by atoms with Crippen LogP contribution in [-0.2, 0) is 13.6 Å². The first kappa shape index (κ1) is 19.1. The van der Waals surface area contributed by atoms with Crippen molar-refractivity contribution in [1.29, 1.82) is 0 Å². The fourth-order valence-corrected chi connectivity index (χ4v) is 2.57. The second-order valence-corrected chi connectivity index (χ2v) is 6.28. The van der Waals surface area contributed by atoms with Crippen LogP contribution in [0.2, 0.25) is 0 Å². The van der Waals surface area contributed by atoms with E-state index in [0.717, 1.165) is 31.8 Å². The summed E-state index contributed by atoms with van der Waals surface area (Å²) in [6, 6.07) is 8.33. The Hall–Kier alpha value is -2.28. The minimum Gasteiger partial charge on any atom is -0.494 e. The number of anilines is 2. The molecule has 7 heteroatoms. The van der Waals surface area contributed by atoms with Gasteiger partial charge in [-0.25, -0.2) is 4.68 Å². The monoisotopic (exact) mass is 346 g/mol. The number of hydrogen-bond acceptors (Lipinski definition) is 6. The van der Waals surface area contributed by atoms with Gasteiger partial charge in [0, 0.05) is 20.1 Å². The number of nitrogens with two attached hydrogens (primary N) is 1. The van der Waals surface area contributed by atoms with Gasteiger partial charge in [-0.05, 0) is 44.1 Å². The van der Waals surface area contributed by atoms with Crippen molar-refractivity contribution in [2.75, 3.05) is 37.8 Å². The molecule has 0 saturated heterocycles. The molecule has 0 fully saturated rings. The number of rotatable bonds is 11. The van der Waals surface area contributed by atoms with E-state index in [4.69, 9.17) is 10.5 Å². The van der Waals surface area contributed by atoms with E-state index in [1.54, 1.807) is 4.68 Å². The quantitative estimate of drug-likeness (QED) is 0.609. The third-order valence-electron chi connectivity index (χ3n) is 3.90. The number of aryl methyl sites for hydroxylation is 1. The minimum absolute atomic E-state index is 0.280. The predicted octanol–water partition coefficient (Wildman–Crippen LogP) is 2.51. The average molecular weight is 346 g/mol. The summed E-state index contributed by atoms with van der Waals surface area (Å²) in [6.07, 6.45) is 3.33. The van der Waals surface area contributed by atoms with Crippen LogP contribution in [0.25, 0.3) is 0 Å². The Balaban J connectivity index is 1.70. The molecule has 2 rings (SSSR count). The minimum atomic E-state index is 0.280. The Bertz CT molecular complexity index is 642. The summed E-state index contributed by atoms with van der Waals surface area (Å²) in [4.78, 5) is 6.45. The zero-order chi connectivity index (χ0) is 18.1. The maximum atomic E-state index is 5.86. The van der Waals surface area contributed by atoms with Crippen molar-refractivity contribution in [2.45, 2.75) is 32.7 Å². The van der Waals surface area contributed by atoms with E-state index < -0.39 is 0 Å². The van der Waals surface area contributed by atoms with Gasteiger partial charge in [0.1, 0.15) is 5.75 Å². The van der Waals surface area contributed by atoms with Crippen molar-refractivity contribution in [3.05, 3.63) is 29.8 Å². The molecule has 0 unspecified atom stereocenters. The Morgan fingerprint density at radius 3 is 2.88 bits per heavy atom. The highest BCUT2D eigenvalue weighted by atomic mass is 16.5. The van der Waals surface area contributed by atoms with Gasteiger partial charge >= 0.3 is 0 Å². The fourth-order valence-electron chi connectivity index (χ4n) is 2.57. The number of unbranched alkanes of at least 4 members (excludes halogenated alkanes) is 1. The molecular weight excluding hydrogens is 316 g/mol. The van der Waals surface area contributed by atoms with Gasteiger partial charge in [-0.2, -0.15) is 4.98 Å². The van der Waals surface area contributed by atoms with Crippen LogP contribution in [0.3, 0.4) is 0 Å². The second-order valence-electron chi connectivity index (χ2n) is 6.28. The van der Waals surface area contributed by atoms with Gasteiger partial charge in [0.25, 0.3) is 0 Å². The van der Waals surface area contributed by atoms with E-state index in [9.17, 15) is 0 Å². The first-order chi connectivity index (χ1) is 12.1. The molecule has 0 aliphatic carbocycles. The summed E-state index contributed by atoms with van der Waals surface area (Å²) in [7, 11) is 3.97. The molecule has 0 spiro atoms. The molecule has 1 heterocycles. The Labute approximate surface area is 150 Å². The summed E-state index contributed by atoms with van der Waals surface area (Å²) in [5.74, 6) is 1.88. The maximum absolute atomic E-state index is 5.86. The molecule has 0 radical (unpaired) electrons. The lowest BCUT2D eigenvalue weighted by Crippen LogP contribution is -2.18. The van der Waals surface area contributed by atoms with Gasteiger partial charge in [0.15, 0.2) is 0 Å². The zero-order valence-electron chi connectivity index (χ0n) is 15.5. The third-order valence-corrected chi connectivity index (χ3v) is 3.90. The summed E-state index contributed by atoms with van der Waals surface area (Å²) < 4.78 is 7.49. The van der Waals surface area contributed by atoms with Crippen molar-refractivity contribution >= 4 is 11.9 Å². The Morgan fingerprint density at radius 2 is 2.16 bits per heavy atom. The van der Waals surface area contributed by atoms with Crippen molar-refractivity contribution in [1.82, 2.24) is 19.7 Å². The fraction of sp³-hybridized carbons (Fsp3) is 0.556. The van der Waals surface area contributed by atoms with E-state index in [-0.39, 0.29) is 5.95 Å². The number of nitrogen functional groups attached to an aromatic ring is 1. The average Bonchev–Trinajstić information content (AvgIpc) is 2.90. The van der Waals surface area contributed by atoms with Crippen molar-refractivity contribution in [2.24, 2.45) is 7.05 Å². The smallest absolute Gasteiger partial charge is 0.241 e. The molecule has 0 atom stereocenters. The maximum Gasteiger partial charge on any atom is 0.241 e. The molecule has 0 amide bonds. The van der Waals surface area contributed by atoms with Gasteiger partial charge in [-0.15, -0.1) is 5.10 Å². The molecule has 1 aromatic heterocycles. The Kier molecular flexibility index (Phi) is 7.53. The lowest BCUT2D eigenvalue weighted by molar-refractivity contribution is 0.308. The molecule has 1 aromatic carbocycles. The molecule has 0 bridgehead atoms. The number of nitrogens with one attached hydrogen (secondary N) is 1. The largest absolute Gasteiger partial charge is 0.494 e. The summed E-state index contributed by atoms with van der Waals surface area (Å²) in [5.41, 5.74) is 6.83. The predicted molar refractivity (Wildman–Crippen MR) is 102 cm³/mol. The van der Waals surface area contributed by atoms with Crippen molar-refractivity contribution < 1.29 is 4.74 Å². The first-order valence-corrected chi connectivity index (χ1v) is 8.89. The standard InChI is InChI=1S/C18H30N6O/c1-4-5-11-23(2)14-15-8-6-9-16(13-15)25-12-7-10-20-18-21-17(19)22-24(18)3/h6,8-9,13H,4-5,7,10-12,14H2,1-3H3,(H3,19,20,21,22). The van der Waals surface area contributed by atoms with Gasteiger partial charge in [0.2, 0.25) is 11.9 Å². The molecule has 0 aliphatic heterocycles. The van der Waals surface area contributed by atoms with E-state index in [1.807, 2.05) is 13.1 Å². The number of nitrogens with zero attached hydrogens (tertiary/aromatic N) is 4. The number of hydrogen-bond donors (Lipinski definition) is 2. The Morgan fingerprint density at radius 1 is 1.32 bits per heavy atom. The summed E-state index contributed by atoms with van der Waals surface area (Å²) in [5, 5.41) is 7.19. The number of ether oxygens (including phenoxy) is 1. The molecule has 3 N–H and O–H groups in total. The molecule has 7 nitrogen and oxygen atoms in total. The van der Waals surface area contributed by atoms with E-state index in [1.165, 1.54) is 18.4 Å². The van der Waals surface area contributed by atoms with E-state index in [0.29, 0.717) is 12.6 Å². The van der Waals surface area contributed by atoms with Crippen LogP contribution in [-0.4, -0.2) is 46.4 Å². The molecule has 138 valence electrons. The SMILES string of the molecule is CCCCN(C)Cc1cccc(OCCCNc2nc(N)nn2C)c1. The zero-order valence-corrected chi connectivity index (χ0v) is 15.5. The van der Waals surface area contributed by atoms with Crippen LogP contribution in [0.1, 0.15) is 31.7 Å². The highest BCUT2D eigenvalue weighted by Crippen LogP contribution is 2.15. The van der Waals surface area contributed by atoms with Gasteiger partial charge in [-0.3, -0.25) is 0 Å². The normalized spacial score (nSPS) is 11.0. The topological polar surface area (TPSA) is 81.2 Å². The molecule has 0 aliphatic rings. The van der Waals surface area contributed by atoms with E-state index >= 15 is 0 Å². The van der Waals surface area contributed by atoms with Crippen LogP contribution in [0, 0.1) is 0 Å². The molecule has 0 saturated carbocycles. The van der Waals surface area contributed by atoms with Crippen LogP contribution in [0.4, 0.5) is 11.9 Å². The lowest BCUT2D eigenvalue weighted by atomic mass is 10.2. The summed E-state index contributed by atoms with van der Waals surface area (Å²) >= 11 is 0. The number of benzene rings is 1. The third kappa shape index (κ3) is 6.62. The first-order valence-electron chi connectivity index (χ1n) is 8.89. The lowest BCUT2D eigenvalue weighted by Gasteiger charge is -2.16. The van der Waals surface area contributed by atoms with Gasteiger partial charge in [-0.1, -0.05) is 25.5 Å². The highest BCUT2D eigenvalue weighted by molar-refractivity contribution is 5.31. The molecular formula is C18H30N6O. The van der Waals surface area contributed by atoms with Crippen LogP contribution < -0.4 is 15.8 Å². The van der Waals surface area contributed by atoms with Crippen LogP contribution >= 0.6 is 0 Å². The van der Waals surface area contributed by atoms with E-state index in [2.05, 4.69) is 52.5 Å². The van der Waals surface area contributed by atoms with Crippen molar-refractivity contribution in [3.8, 4) is 5.75 Å². The number of aromatic nitrogens is 3. The molecule has 25 heavy (non-hydrogen) atoms. The highest BCUT2D eigenvalue weighted by Gasteiger charge is 2.04. The summed E-state index contributed by atoms with van der Waals surface area (Å²) in [6.45, 7) is 5.70. The van der Waals surface area contributed by atoms with Crippen molar-refractivity contribution in [3.63, 3.8) is 0 Å². The molecule has 2 aromatic rings. The van der Waals surface area contributed by atoms with Crippen LogP contribution in [0.15, 0.2) is 24.3 Å². The second kappa shape index (κ2) is 9.88. The van der Waals surface area contributed by atoms with Gasteiger partial charge < -0.3 is 20.7 Å². The van der Waals surface area contributed by atoms with Crippen LogP contribution in [0.5, 0.6) is 5.75 Å².